The summed E-state index contributed by atoms with van der Waals surface area (Å²) in [5.74, 6) is 0. The van der Waals surface area contributed by atoms with E-state index in [9.17, 15) is 8.42 Å². The summed E-state index contributed by atoms with van der Waals surface area (Å²) >= 11 is 1.44. The largest absolute Gasteiger partial charge is 0.324 e. The molecule has 1 aromatic carbocycles. The number of hydrogen-bond donors (Lipinski definition) is 2. The van der Waals surface area contributed by atoms with Gasteiger partial charge < -0.3 is 5.73 Å². The van der Waals surface area contributed by atoms with E-state index in [-0.39, 0.29) is 17.0 Å². The molecule has 0 bridgehead atoms. The molecule has 0 saturated carbocycles. The van der Waals surface area contributed by atoms with Gasteiger partial charge in [0.05, 0.1) is 10.9 Å². The van der Waals surface area contributed by atoms with E-state index in [2.05, 4.69) is 9.71 Å². The fraction of sp³-hybridized carbons (Fsp3) is 0.357. The minimum Gasteiger partial charge on any atom is -0.324 e. The van der Waals surface area contributed by atoms with Crippen LogP contribution in [-0.4, -0.2) is 13.4 Å². The first kappa shape index (κ1) is 16.1. The zero-order valence-corrected chi connectivity index (χ0v) is 13.6. The molecule has 0 aliphatic carbocycles. The van der Waals surface area contributed by atoms with Crippen LogP contribution in [0.3, 0.4) is 0 Å². The van der Waals surface area contributed by atoms with Crippen molar-refractivity contribution in [2.45, 2.75) is 37.2 Å². The topological polar surface area (TPSA) is 85.1 Å². The molecule has 21 heavy (non-hydrogen) atoms. The van der Waals surface area contributed by atoms with Gasteiger partial charge in [-0.3, -0.25) is 0 Å². The van der Waals surface area contributed by atoms with Crippen LogP contribution in [0.15, 0.2) is 40.7 Å². The van der Waals surface area contributed by atoms with Crippen molar-refractivity contribution < 1.29 is 8.42 Å². The van der Waals surface area contributed by atoms with Gasteiger partial charge in [0.25, 0.3) is 0 Å². The lowest BCUT2D eigenvalue weighted by Crippen LogP contribution is -2.28. The lowest BCUT2D eigenvalue weighted by atomic mass is 10.1. The molecule has 0 aliphatic rings. The van der Waals surface area contributed by atoms with E-state index in [0.29, 0.717) is 6.42 Å². The highest BCUT2D eigenvalue weighted by atomic mass is 32.2. The van der Waals surface area contributed by atoms with Crippen LogP contribution in [0.2, 0.25) is 0 Å². The number of nitrogens with zero attached hydrogens (tertiary/aromatic N) is 1. The average Bonchev–Trinajstić information content (AvgIpc) is 2.99. The Hall–Kier alpha value is -1.28. The molecule has 0 radical (unpaired) electrons. The molecular formula is C14H19N3O2S2. The highest BCUT2D eigenvalue weighted by Crippen LogP contribution is 2.23. The third-order valence-corrected chi connectivity index (χ3v) is 5.51. The van der Waals surface area contributed by atoms with Gasteiger partial charge in [-0.1, -0.05) is 19.1 Å². The maximum atomic E-state index is 12.5. The summed E-state index contributed by atoms with van der Waals surface area (Å²) in [7, 11) is -3.59. The number of thiazole rings is 1. The van der Waals surface area contributed by atoms with Crippen molar-refractivity contribution in [3.8, 4) is 0 Å². The molecule has 0 spiro atoms. The fourth-order valence-electron chi connectivity index (χ4n) is 1.94. The number of nitrogens with two attached hydrogens (primary N) is 1. The van der Waals surface area contributed by atoms with Gasteiger partial charge in [0.15, 0.2) is 0 Å². The number of hydrogen-bond acceptors (Lipinski definition) is 5. The van der Waals surface area contributed by atoms with Gasteiger partial charge >= 0.3 is 0 Å². The van der Waals surface area contributed by atoms with E-state index in [1.165, 1.54) is 11.3 Å². The predicted molar refractivity (Wildman–Crippen MR) is 84.5 cm³/mol. The van der Waals surface area contributed by atoms with E-state index in [1.807, 2.05) is 25.3 Å². The maximum absolute atomic E-state index is 12.5. The summed E-state index contributed by atoms with van der Waals surface area (Å²) in [6.07, 6.45) is 2.31. The van der Waals surface area contributed by atoms with Crippen LogP contribution in [0.5, 0.6) is 0 Å². The van der Waals surface area contributed by atoms with Gasteiger partial charge in [0, 0.05) is 17.6 Å². The molecule has 0 fully saturated rings. The van der Waals surface area contributed by atoms with E-state index >= 15 is 0 Å². The van der Waals surface area contributed by atoms with Crippen molar-refractivity contribution in [3.05, 3.63) is 46.4 Å². The Kier molecular flexibility index (Phi) is 5.10. The molecule has 0 aliphatic heterocycles. The molecule has 0 saturated heterocycles. The van der Waals surface area contributed by atoms with Crippen LogP contribution in [0.4, 0.5) is 0 Å². The maximum Gasteiger partial charge on any atom is 0.241 e. The number of aromatic nitrogens is 1. The summed E-state index contributed by atoms with van der Waals surface area (Å²) in [4.78, 5) is 4.41. The SMILES string of the molecule is CCC(NS(=O)(=O)c1cccc(C(C)N)c1)c1nccs1. The van der Waals surface area contributed by atoms with Gasteiger partial charge in [-0.2, -0.15) is 0 Å². The van der Waals surface area contributed by atoms with Crippen molar-refractivity contribution in [3.63, 3.8) is 0 Å². The van der Waals surface area contributed by atoms with Crippen LogP contribution < -0.4 is 10.5 Å². The van der Waals surface area contributed by atoms with E-state index in [4.69, 9.17) is 5.73 Å². The third kappa shape index (κ3) is 3.88. The summed E-state index contributed by atoms with van der Waals surface area (Å²) in [6.45, 7) is 3.75. The first-order chi connectivity index (χ1) is 9.94. The molecule has 7 heteroatoms. The zero-order valence-electron chi connectivity index (χ0n) is 12.0. The van der Waals surface area contributed by atoms with Gasteiger partial charge in [0.1, 0.15) is 5.01 Å². The van der Waals surface area contributed by atoms with Gasteiger partial charge in [-0.15, -0.1) is 11.3 Å². The number of benzene rings is 1. The molecule has 2 aromatic rings. The number of sulfonamides is 1. The van der Waals surface area contributed by atoms with Crippen LogP contribution in [-0.2, 0) is 10.0 Å². The van der Waals surface area contributed by atoms with Gasteiger partial charge in [-0.25, -0.2) is 18.1 Å². The zero-order chi connectivity index (χ0) is 15.5. The Balaban J connectivity index is 2.27. The minimum atomic E-state index is -3.59. The Bertz CT molecular complexity index is 682. The quantitative estimate of drug-likeness (QED) is 0.855. The van der Waals surface area contributed by atoms with E-state index in [1.54, 1.807) is 24.4 Å². The Morgan fingerprint density at radius 1 is 1.43 bits per heavy atom. The summed E-state index contributed by atoms with van der Waals surface area (Å²) in [5.41, 5.74) is 6.60. The molecule has 2 atom stereocenters. The molecular weight excluding hydrogens is 306 g/mol. The second kappa shape index (κ2) is 6.65. The van der Waals surface area contributed by atoms with Crippen molar-refractivity contribution >= 4 is 21.4 Å². The first-order valence-corrected chi connectivity index (χ1v) is 9.07. The summed E-state index contributed by atoms with van der Waals surface area (Å²) in [5, 5.41) is 2.60. The molecule has 114 valence electrons. The van der Waals surface area contributed by atoms with Crippen molar-refractivity contribution in [1.82, 2.24) is 9.71 Å². The second-order valence-electron chi connectivity index (χ2n) is 4.81. The Morgan fingerprint density at radius 3 is 2.76 bits per heavy atom. The molecule has 3 N–H and O–H groups in total. The summed E-state index contributed by atoms with van der Waals surface area (Å²) < 4.78 is 27.7. The molecule has 1 heterocycles. The van der Waals surface area contributed by atoms with Crippen LogP contribution >= 0.6 is 11.3 Å². The monoisotopic (exact) mass is 325 g/mol. The van der Waals surface area contributed by atoms with E-state index < -0.39 is 10.0 Å². The normalized spacial score (nSPS) is 14.8. The fourth-order valence-corrected chi connectivity index (χ4v) is 4.12. The van der Waals surface area contributed by atoms with Crippen LogP contribution in [0.25, 0.3) is 0 Å². The molecule has 0 amide bonds. The highest BCUT2D eigenvalue weighted by molar-refractivity contribution is 7.89. The third-order valence-electron chi connectivity index (χ3n) is 3.15. The minimum absolute atomic E-state index is 0.207. The average molecular weight is 325 g/mol. The van der Waals surface area contributed by atoms with Crippen molar-refractivity contribution in [1.29, 1.82) is 0 Å². The van der Waals surface area contributed by atoms with Crippen LogP contribution in [0.1, 0.15) is 42.9 Å². The predicted octanol–water partition coefficient (Wildman–Crippen LogP) is 2.59. The van der Waals surface area contributed by atoms with Crippen molar-refractivity contribution in [2.75, 3.05) is 0 Å². The number of nitrogens with one attached hydrogen (secondary N) is 1. The Morgan fingerprint density at radius 2 is 2.19 bits per heavy atom. The summed E-state index contributed by atoms with van der Waals surface area (Å²) in [6, 6.07) is 6.19. The molecule has 5 nitrogen and oxygen atoms in total. The molecule has 2 unspecified atom stereocenters. The molecule has 1 aromatic heterocycles. The van der Waals surface area contributed by atoms with Crippen molar-refractivity contribution in [2.24, 2.45) is 5.73 Å². The standard InChI is InChI=1S/C14H19N3O2S2/c1-3-13(14-16-7-8-20-14)17-21(18,19)12-6-4-5-11(9-12)10(2)15/h4-10,13,17H,3,15H2,1-2H3. The molecule has 2 rings (SSSR count). The smallest absolute Gasteiger partial charge is 0.241 e. The lowest BCUT2D eigenvalue weighted by molar-refractivity contribution is 0.549. The number of rotatable bonds is 6. The lowest BCUT2D eigenvalue weighted by Gasteiger charge is -2.15. The first-order valence-electron chi connectivity index (χ1n) is 6.71. The van der Waals surface area contributed by atoms with Gasteiger partial charge in [0.2, 0.25) is 10.0 Å². The van der Waals surface area contributed by atoms with E-state index in [0.717, 1.165) is 10.6 Å². The Labute approximate surface area is 129 Å². The second-order valence-corrected chi connectivity index (χ2v) is 7.45. The van der Waals surface area contributed by atoms with Gasteiger partial charge in [-0.05, 0) is 31.0 Å². The highest BCUT2D eigenvalue weighted by Gasteiger charge is 2.22. The van der Waals surface area contributed by atoms with Crippen LogP contribution in [0, 0.1) is 0 Å².